The van der Waals surface area contributed by atoms with Gasteiger partial charge >= 0.3 is 0 Å². The standard InChI is InChI=1S/C17H19N3O3S/c21-17(20-11-8-14-4-1-2-5-15(14)13-20)7-10-19-24(22,23)16-6-3-9-18-12-16/h1-6,9,12,19H,7-8,10-11,13H2. The smallest absolute Gasteiger partial charge is 0.242 e. The molecule has 1 aliphatic rings. The number of sulfonamides is 1. The maximum Gasteiger partial charge on any atom is 0.242 e. The molecule has 1 aliphatic heterocycles. The van der Waals surface area contributed by atoms with E-state index >= 15 is 0 Å². The van der Waals surface area contributed by atoms with Gasteiger partial charge in [-0.2, -0.15) is 0 Å². The van der Waals surface area contributed by atoms with Crippen molar-refractivity contribution >= 4 is 15.9 Å². The van der Waals surface area contributed by atoms with E-state index in [1.807, 2.05) is 18.2 Å². The summed E-state index contributed by atoms with van der Waals surface area (Å²) in [4.78, 5) is 18.0. The van der Waals surface area contributed by atoms with Gasteiger partial charge in [-0.3, -0.25) is 9.78 Å². The molecule has 1 N–H and O–H groups in total. The Hall–Kier alpha value is -2.25. The minimum absolute atomic E-state index is 0.0432. The van der Waals surface area contributed by atoms with Crippen LogP contribution in [-0.4, -0.2) is 37.3 Å². The molecule has 24 heavy (non-hydrogen) atoms. The number of hydrogen-bond donors (Lipinski definition) is 1. The summed E-state index contributed by atoms with van der Waals surface area (Å²) in [5, 5.41) is 0. The molecule has 0 radical (unpaired) electrons. The Morgan fingerprint density at radius 3 is 2.71 bits per heavy atom. The van der Waals surface area contributed by atoms with Crippen LogP contribution in [0.3, 0.4) is 0 Å². The summed E-state index contributed by atoms with van der Waals surface area (Å²) >= 11 is 0. The fourth-order valence-electron chi connectivity index (χ4n) is 2.75. The second-order valence-corrected chi connectivity index (χ2v) is 7.44. The predicted octanol–water partition coefficient (Wildman–Crippen LogP) is 1.33. The summed E-state index contributed by atoms with van der Waals surface area (Å²) < 4.78 is 26.6. The third-order valence-electron chi connectivity index (χ3n) is 4.06. The van der Waals surface area contributed by atoms with E-state index in [1.54, 1.807) is 11.0 Å². The van der Waals surface area contributed by atoms with Crippen LogP contribution in [0.2, 0.25) is 0 Å². The maximum absolute atomic E-state index is 12.3. The highest BCUT2D eigenvalue weighted by Gasteiger charge is 2.21. The number of amides is 1. The van der Waals surface area contributed by atoms with Crippen molar-refractivity contribution in [3.63, 3.8) is 0 Å². The van der Waals surface area contributed by atoms with Gasteiger partial charge in [0.05, 0.1) is 0 Å². The molecule has 2 aromatic rings. The Bertz CT molecular complexity index is 822. The Balaban J connectivity index is 1.53. The van der Waals surface area contributed by atoms with Crippen LogP contribution < -0.4 is 4.72 Å². The Morgan fingerprint density at radius 2 is 1.96 bits per heavy atom. The van der Waals surface area contributed by atoms with Crippen LogP contribution >= 0.6 is 0 Å². The number of hydrogen-bond acceptors (Lipinski definition) is 4. The lowest BCUT2D eigenvalue weighted by Gasteiger charge is -2.29. The predicted molar refractivity (Wildman–Crippen MR) is 89.6 cm³/mol. The molecule has 0 saturated carbocycles. The molecular weight excluding hydrogens is 326 g/mol. The lowest BCUT2D eigenvalue weighted by Crippen LogP contribution is -2.38. The molecular formula is C17H19N3O3S. The summed E-state index contributed by atoms with van der Waals surface area (Å²) in [5.74, 6) is -0.0432. The molecule has 0 unspecified atom stereocenters. The van der Waals surface area contributed by atoms with Crippen LogP contribution in [0.15, 0.2) is 53.7 Å². The Morgan fingerprint density at radius 1 is 1.17 bits per heavy atom. The Labute approximate surface area is 141 Å². The maximum atomic E-state index is 12.3. The molecule has 0 atom stereocenters. The highest BCUT2D eigenvalue weighted by atomic mass is 32.2. The van der Waals surface area contributed by atoms with Gasteiger partial charge < -0.3 is 4.90 Å². The molecule has 3 rings (SSSR count). The Kier molecular flexibility index (Phi) is 4.92. The van der Waals surface area contributed by atoms with E-state index in [4.69, 9.17) is 0 Å². The van der Waals surface area contributed by atoms with Gasteiger partial charge in [0, 0.05) is 38.4 Å². The van der Waals surface area contributed by atoms with Crippen molar-refractivity contribution in [2.24, 2.45) is 0 Å². The van der Waals surface area contributed by atoms with E-state index in [0.717, 1.165) is 12.0 Å². The van der Waals surface area contributed by atoms with Crippen molar-refractivity contribution in [3.05, 3.63) is 59.9 Å². The fourth-order valence-corrected chi connectivity index (χ4v) is 3.74. The lowest BCUT2D eigenvalue weighted by atomic mass is 10.00. The van der Waals surface area contributed by atoms with E-state index < -0.39 is 10.0 Å². The molecule has 6 nitrogen and oxygen atoms in total. The number of rotatable bonds is 5. The van der Waals surface area contributed by atoms with E-state index in [-0.39, 0.29) is 23.8 Å². The number of pyridine rings is 1. The molecule has 0 saturated heterocycles. The lowest BCUT2D eigenvalue weighted by molar-refractivity contribution is -0.131. The van der Waals surface area contributed by atoms with E-state index in [9.17, 15) is 13.2 Å². The first kappa shape index (κ1) is 16.6. The molecule has 1 aromatic heterocycles. The van der Waals surface area contributed by atoms with Gasteiger partial charge in [0.2, 0.25) is 15.9 Å². The zero-order valence-electron chi connectivity index (χ0n) is 13.2. The van der Waals surface area contributed by atoms with E-state index in [1.165, 1.54) is 24.0 Å². The van der Waals surface area contributed by atoms with Gasteiger partial charge in [-0.05, 0) is 29.7 Å². The first-order valence-electron chi connectivity index (χ1n) is 7.80. The van der Waals surface area contributed by atoms with Crippen LogP contribution in [-0.2, 0) is 27.8 Å². The summed E-state index contributed by atoms with van der Waals surface area (Å²) in [7, 11) is -3.62. The van der Waals surface area contributed by atoms with E-state index in [2.05, 4.69) is 15.8 Å². The first-order valence-corrected chi connectivity index (χ1v) is 9.29. The third kappa shape index (κ3) is 3.80. The molecule has 2 heterocycles. The van der Waals surface area contributed by atoms with Gasteiger partial charge in [-0.15, -0.1) is 0 Å². The zero-order valence-corrected chi connectivity index (χ0v) is 14.0. The SMILES string of the molecule is O=C(CCNS(=O)(=O)c1cccnc1)N1CCc2ccccc2C1. The summed E-state index contributed by atoms with van der Waals surface area (Å²) in [6.45, 7) is 1.34. The first-order chi connectivity index (χ1) is 11.6. The molecule has 1 aromatic carbocycles. The minimum atomic E-state index is -3.62. The largest absolute Gasteiger partial charge is 0.338 e. The monoisotopic (exact) mass is 345 g/mol. The van der Waals surface area contributed by atoms with Gasteiger partial charge in [0.1, 0.15) is 4.90 Å². The normalized spacial score (nSPS) is 14.2. The molecule has 0 spiro atoms. The number of nitrogens with one attached hydrogen (secondary N) is 1. The summed E-state index contributed by atoms with van der Waals surface area (Å²) in [6.07, 6.45) is 3.77. The molecule has 7 heteroatoms. The average Bonchev–Trinajstić information content (AvgIpc) is 2.62. The second-order valence-electron chi connectivity index (χ2n) is 5.67. The van der Waals surface area contributed by atoms with Crippen molar-refractivity contribution in [1.29, 1.82) is 0 Å². The van der Waals surface area contributed by atoms with Crippen molar-refractivity contribution in [1.82, 2.24) is 14.6 Å². The van der Waals surface area contributed by atoms with Crippen molar-refractivity contribution in [3.8, 4) is 0 Å². The van der Waals surface area contributed by atoms with Crippen molar-refractivity contribution in [2.45, 2.75) is 24.3 Å². The number of nitrogens with zero attached hydrogens (tertiary/aromatic N) is 2. The molecule has 1 amide bonds. The topological polar surface area (TPSA) is 79.4 Å². The third-order valence-corrected chi connectivity index (χ3v) is 5.51. The molecule has 0 fully saturated rings. The van der Waals surface area contributed by atoms with Crippen molar-refractivity contribution < 1.29 is 13.2 Å². The molecule has 126 valence electrons. The number of fused-ring (bicyclic) bond motifs is 1. The van der Waals surface area contributed by atoms with Crippen LogP contribution in [0.1, 0.15) is 17.5 Å². The zero-order chi connectivity index (χ0) is 17.0. The number of aromatic nitrogens is 1. The number of carbonyl (C=O) groups excluding carboxylic acids is 1. The minimum Gasteiger partial charge on any atom is -0.338 e. The van der Waals surface area contributed by atoms with Gasteiger partial charge in [0.15, 0.2) is 0 Å². The summed E-state index contributed by atoms with van der Waals surface area (Å²) in [5.41, 5.74) is 2.44. The molecule has 0 aliphatic carbocycles. The van der Waals surface area contributed by atoms with Gasteiger partial charge in [0.25, 0.3) is 0 Å². The number of carbonyl (C=O) groups is 1. The summed E-state index contributed by atoms with van der Waals surface area (Å²) in [6, 6.07) is 11.1. The molecule has 0 bridgehead atoms. The van der Waals surface area contributed by atoms with E-state index in [0.29, 0.717) is 13.1 Å². The quantitative estimate of drug-likeness (QED) is 0.887. The van der Waals surface area contributed by atoms with Gasteiger partial charge in [-0.25, -0.2) is 13.1 Å². The van der Waals surface area contributed by atoms with Crippen LogP contribution in [0.4, 0.5) is 0 Å². The fraction of sp³-hybridized carbons (Fsp3) is 0.294. The van der Waals surface area contributed by atoms with Crippen molar-refractivity contribution in [2.75, 3.05) is 13.1 Å². The highest BCUT2D eigenvalue weighted by Crippen LogP contribution is 2.18. The van der Waals surface area contributed by atoms with Gasteiger partial charge in [-0.1, -0.05) is 24.3 Å². The second kappa shape index (κ2) is 7.11. The van der Waals surface area contributed by atoms with Crippen LogP contribution in [0, 0.1) is 0 Å². The average molecular weight is 345 g/mol. The number of benzene rings is 1. The van der Waals surface area contributed by atoms with Crippen LogP contribution in [0.5, 0.6) is 0 Å². The highest BCUT2D eigenvalue weighted by molar-refractivity contribution is 7.89. The van der Waals surface area contributed by atoms with Crippen LogP contribution in [0.25, 0.3) is 0 Å².